The summed E-state index contributed by atoms with van der Waals surface area (Å²) < 4.78 is 0. The van der Waals surface area contributed by atoms with E-state index >= 15 is 0 Å². The van der Waals surface area contributed by atoms with E-state index in [4.69, 9.17) is 10.1 Å². The minimum absolute atomic E-state index is 0. The van der Waals surface area contributed by atoms with Gasteiger partial charge in [0.1, 0.15) is 0 Å². The van der Waals surface area contributed by atoms with Crippen molar-refractivity contribution in [2.45, 2.75) is 13.8 Å². The molecule has 0 aliphatic rings. The van der Waals surface area contributed by atoms with Crippen molar-refractivity contribution in [2.75, 3.05) is 0 Å². The van der Waals surface area contributed by atoms with Crippen LogP contribution in [0.15, 0.2) is 109 Å². The molecule has 0 aliphatic carbocycles. The Hall–Kier alpha value is -3.59. The minimum Gasteiger partial charge on any atom is -0.512 e. The number of fused-ring (bicyclic) bond motifs is 2. The molecule has 0 bridgehead atoms. The van der Waals surface area contributed by atoms with Crippen molar-refractivity contribution in [3.05, 3.63) is 115 Å². The maximum absolute atomic E-state index is 10.0. The third-order valence-corrected chi connectivity index (χ3v) is 5.16. The zero-order chi connectivity index (χ0) is 23.2. The Bertz CT molecular complexity index is 1440. The third-order valence-electron chi connectivity index (χ3n) is 5.16. The molecule has 5 rings (SSSR count). The molecule has 4 aromatic carbocycles. The molecule has 171 valence electrons. The molecule has 4 heteroatoms. The number of nitrogens with zero attached hydrogens (tertiary/aromatic N) is 1. The first-order valence-corrected chi connectivity index (χ1v) is 10.7. The summed E-state index contributed by atoms with van der Waals surface area (Å²) in [5, 5.41) is 12.0. The first kappa shape index (κ1) is 25.0. The maximum atomic E-state index is 10.0. The predicted octanol–water partition coefficient (Wildman–Crippen LogP) is 7.56. The molecule has 34 heavy (non-hydrogen) atoms. The van der Waals surface area contributed by atoms with Gasteiger partial charge < -0.3 is 5.11 Å². The van der Waals surface area contributed by atoms with E-state index in [-0.39, 0.29) is 31.6 Å². The van der Waals surface area contributed by atoms with E-state index in [1.165, 1.54) is 47.2 Å². The van der Waals surface area contributed by atoms with Gasteiger partial charge in [-0.05, 0) is 53.6 Å². The van der Waals surface area contributed by atoms with Crippen LogP contribution in [0, 0.1) is 6.07 Å². The van der Waals surface area contributed by atoms with Gasteiger partial charge >= 0.3 is 0 Å². The average molecular weight is 623 g/mol. The number of allylic oxidation sites excluding steroid dienone is 2. The molecule has 0 saturated carbocycles. The van der Waals surface area contributed by atoms with Gasteiger partial charge in [0, 0.05) is 31.6 Å². The summed E-state index contributed by atoms with van der Waals surface area (Å²) in [6.07, 6.45) is 1.17. The van der Waals surface area contributed by atoms with Crippen LogP contribution >= 0.6 is 0 Å². The number of rotatable bonds is 3. The number of pyridine rings is 1. The van der Waals surface area contributed by atoms with E-state index in [2.05, 4.69) is 78.9 Å². The van der Waals surface area contributed by atoms with E-state index in [1.54, 1.807) is 0 Å². The molecule has 1 N–H and O–H groups in total. The molecular weight excluding hydrogens is 599 g/mol. The molecule has 0 amide bonds. The zero-order valence-corrected chi connectivity index (χ0v) is 21.3. The quantitative estimate of drug-likeness (QED) is 0.0978. The fourth-order valence-corrected chi connectivity index (χ4v) is 3.75. The summed E-state index contributed by atoms with van der Waals surface area (Å²) in [4.78, 5) is 15.0. The molecule has 0 fully saturated rings. The fourth-order valence-electron chi connectivity index (χ4n) is 3.75. The van der Waals surface area contributed by atoms with Crippen LogP contribution < -0.4 is 0 Å². The van der Waals surface area contributed by atoms with Crippen LogP contribution in [0.3, 0.4) is 0 Å². The molecule has 1 heterocycles. The number of ketones is 1. The van der Waals surface area contributed by atoms with Crippen LogP contribution in [-0.2, 0) is 24.9 Å². The molecule has 0 atom stereocenters. The number of benzene rings is 4. The van der Waals surface area contributed by atoms with Crippen LogP contribution in [0.4, 0.5) is 0 Å². The Morgan fingerprint density at radius 3 is 2.09 bits per heavy atom. The molecule has 0 unspecified atom stereocenters. The Labute approximate surface area is 213 Å². The number of aromatic nitrogens is 1. The molecule has 3 nitrogen and oxygen atoms in total. The van der Waals surface area contributed by atoms with Crippen molar-refractivity contribution < 1.29 is 30.0 Å². The van der Waals surface area contributed by atoms with Crippen LogP contribution in [0.5, 0.6) is 0 Å². The van der Waals surface area contributed by atoms with Gasteiger partial charge in [-0.3, -0.25) is 9.78 Å². The van der Waals surface area contributed by atoms with Crippen LogP contribution in [0.1, 0.15) is 13.8 Å². The maximum Gasteiger partial charge on any atom is 0.155 e. The van der Waals surface area contributed by atoms with Crippen molar-refractivity contribution in [1.29, 1.82) is 0 Å². The molecular formula is C30H24IrNO2-. The van der Waals surface area contributed by atoms with Crippen molar-refractivity contribution in [3.63, 3.8) is 0 Å². The first-order valence-electron chi connectivity index (χ1n) is 10.7. The van der Waals surface area contributed by atoms with Gasteiger partial charge in [0.05, 0.1) is 11.3 Å². The molecule has 0 saturated heterocycles. The number of carbonyl (C=O) groups is 1. The number of hydrogen-bond donors (Lipinski definition) is 1. The van der Waals surface area contributed by atoms with Crippen molar-refractivity contribution in [1.82, 2.24) is 4.98 Å². The van der Waals surface area contributed by atoms with Crippen molar-refractivity contribution >= 4 is 27.5 Å². The second-order valence-electron chi connectivity index (χ2n) is 7.81. The van der Waals surface area contributed by atoms with Crippen molar-refractivity contribution in [3.8, 4) is 22.4 Å². The van der Waals surface area contributed by atoms with Gasteiger partial charge in [0.2, 0.25) is 0 Å². The van der Waals surface area contributed by atoms with E-state index in [0.717, 1.165) is 16.8 Å². The molecule has 1 aromatic heterocycles. The Morgan fingerprint density at radius 2 is 1.50 bits per heavy atom. The number of aliphatic hydroxyl groups excluding tert-OH is 1. The van der Waals surface area contributed by atoms with Crippen LogP contribution in [-0.4, -0.2) is 15.9 Å². The monoisotopic (exact) mass is 623 g/mol. The summed E-state index contributed by atoms with van der Waals surface area (Å²) in [7, 11) is 0. The summed E-state index contributed by atoms with van der Waals surface area (Å²) in [5.41, 5.74) is 5.38. The SMILES string of the molecule is CC(=O)/C=C(/C)O.[Ir].[c-]1ccccc1-c1cc(-c2ccccc2)c2cc3ccccc3cc2n1. The first-order chi connectivity index (χ1) is 16.0. The fraction of sp³-hybridized carbons (Fsp3) is 0.0667. The Morgan fingerprint density at radius 1 is 0.853 bits per heavy atom. The van der Waals surface area contributed by atoms with E-state index in [0.29, 0.717) is 0 Å². The second-order valence-corrected chi connectivity index (χ2v) is 7.81. The van der Waals surface area contributed by atoms with E-state index < -0.39 is 0 Å². The largest absolute Gasteiger partial charge is 0.512 e. The number of hydrogen-bond acceptors (Lipinski definition) is 3. The van der Waals surface area contributed by atoms with Gasteiger partial charge in [0.15, 0.2) is 5.78 Å². The smallest absolute Gasteiger partial charge is 0.155 e. The minimum atomic E-state index is -0.125. The normalized spacial score (nSPS) is 10.8. The van der Waals surface area contributed by atoms with Gasteiger partial charge in [-0.25, -0.2) is 0 Å². The van der Waals surface area contributed by atoms with Gasteiger partial charge in [-0.2, -0.15) is 0 Å². The summed E-state index contributed by atoms with van der Waals surface area (Å²) >= 11 is 0. The Kier molecular flexibility index (Phi) is 8.48. The topological polar surface area (TPSA) is 50.2 Å². The number of carbonyl (C=O) groups excluding carboxylic acids is 1. The third kappa shape index (κ3) is 6.05. The van der Waals surface area contributed by atoms with Crippen LogP contribution in [0.2, 0.25) is 0 Å². The summed E-state index contributed by atoms with van der Waals surface area (Å²) in [6.45, 7) is 2.85. The summed E-state index contributed by atoms with van der Waals surface area (Å²) in [5.74, 6) is -0.0625. The standard InChI is InChI=1S/C25H16N.C5H8O2.Ir/c1-3-9-18(10-4-1)22-17-24(19-11-5-2-6-12-19)26-25-16-21-14-8-7-13-20(21)15-23(22)25;1-4(6)3-5(2)7;/h1-11,13-17H;3,6H,1-2H3;/q-1;;/b;4-3-;. The molecule has 0 aliphatic heterocycles. The van der Waals surface area contributed by atoms with Gasteiger partial charge in [-0.1, -0.05) is 60.7 Å². The van der Waals surface area contributed by atoms with Gasteiger partial charge in [-0.15, -0.1) is 35.9 Å². The molecule has 5 aromatic rings. The number of aliphatic hydroxyl groups is 1. The zero-order valence-electron chi connectivity index (χ0n) is 19.0. The van der Waals surface area contributed by atoms with Crippen LogP contribution in [0.25, 0.3) is 44.1 Å². The second kappa shape index (κ2) is 11.5. The van der Waals surface area contributed by atoms with E-state index in [1.807, 2.05) is 24.3 Å². The van der Waals surface area contributed by atoms with Gasteiger partial charge in [0.25, 0.3) is 0 Å². The van der Waals surface area contributed by atoms with Crippen molar-refractivity contribution in [2.24, 2.45) is 0 Å². The average Bonchev–Trinajstić information content (AvgIpc) is 2.83. The Balaban J connectivity index is 0.000000357. The molecule has 0 spiro atoms. The summed E-state index contributed by atoms with van der Waals surface area (Å²) in [6, 6.07) is 36.9. The van der Waals surface area contributed by atoms with E-state index in [9.17, 15) is 4.79 Å². The molecule has 1 radical (unpaired) electrons. The predicted molar refractivity (Wildman–Crippen MR) is 136 cm³/mol.